The van der Waals surface area contributed by atoms with Crippen LogP contribution in [0.2, 0.25) is 0 Å². The van der Waals surface area contributed by atoms with Gasteiger partial charge in [-0.05, 0) is 170 Å². The van der Waals surface area contributed by atoms with Gasteiger partial charge in [-0.2, -0.15) is 0 Å². The van der Waals surface area contributed by atoms with E-state index in [1.54, 1.807) is 6.20 Å². The molecule has 0 N–H and O–H groups in total. The van der Waals surface area contributed by atoms with Gasteiger partial charge in [-0.1, -0.05) is 328 Å². The van der Waals surface area contributed by atoms with E-state index in [4.69, 9.17) is 19.9 Å². The van der Waals surface area contributed by atoms with Crippen molar-refractivity contribution >= 4 is 54.7 Å². The molecule has 506 valence electrons. The van der Waals surface area contributed by atoms with Crippen molar-refractivity contribution in [2.24, 2.45) is 5.92 Å². The summed E-state index contributed by atoms with van der Waals surface area (Å²) in [4.78, 5) is 29.9. The summed E-state index contributed by atoms with van der Waals surface area (Å²) < 4.78 is 0. The van der Waals surface area contributed by atoms with Gasteiger partial charge in [0.15, 0.2) is 11.6 Å². The standard InChI is InChI=1S/C55H37N3.C47H31N3/c1-2-15-36(16-3-1)53-46-26-8-10-28-48(46)54(49-29-11-9-27-47(49)53)40-20-13-21-41(32-40)55-57-51(39-19-12-18-37(31-39)42-22-14-30-56-35-42)34-52(58-55)50-33-38-17-4-5-23-43(38)44-24-6-7-25-45(44)50;1-3-13-33(14-4-1)43-30-44(34-26-24-32(25-27-34)38-19-12-28-48-31-38)50-47(49-43)37-18-11-17-36(29-37)46-41-22-9-7-20-39(41)45(35-15-5-2-6-16-35)40-21-8-10-23-42(40)46/h1-35,44-45H;1-31H. The summed E-state index contributed by atoms with van der Waals surface area (Å²) in [5.74, 6) is 1.78. The number of nitrogens with zero attached hydrogens (tertiary/aromatic N) is 6. The normalized spacial score (nSPS) is 13.5. The molecule has 6 nitrogen and oxygen atoms in total. The van der Waals surface area contributed by atoms with Crippen LogP contribution < -0.4 is 0 Å². The fraction of sp³-hybridized carbons (Fsp3) is 0.0196. The SMILES string of the molecule is C1=CC2C(c3cc(-c4cccc(-c5cccnc5)c4)nc(-c4cccc(-c5c6ccccc6c(-c6ccccc6)c6ccccc56)c4)n3)=Cc3ccccc3C2C=C1.c1ccc(-c2cc(-c3ccc(-c4cccnc4)cc3)nc(-c3cccc(-c4c5ccccc5c(-c5ccccc5)c5ccccc45)c3)n2)cc1. The monoisotopic (exact) mass is 1380 g/mol. The van der Waals surface area contributed by atoms with Crippen molar-refractivity contribution in [3.05, 3.63) is 412 Å². The van der Waals surface area contributed by atoms with Crippen LogP contribution in [0.15, 0.2) is 395 Å². The highest BCUT2D eigenvalue weighted by Gasteiger charge is 2.32. The van der Waals surface area contributed by atoms with E-state index >= 15 is 0 Å². The van der Waals surface area contributed by atoms with Crippen LogP contribution in [0.1, 0.15) is 22.7 Å². The number of fused-ring (bicyclic) bond motifs is 7. The first-order chi connectivity index (χ1) is 53.6. The zero-order valence-corrected chi connectivity index (χ0v) is 58.9. The first-order valence-corrected chi connectivity index (χ1v) is 36.8. The van der Waals surface area contributed by atoms with Crippen molar-refractivity contribution in [1.29, 1.82) is 0 Å². The molecule has 0 saturated carbocycles. The molecule has 2 atom stereocenters. The minimum atomic E-state index is 0.157. The zero-order valence-electron chi connectivity index (χ0n) is 58.9. The van der Waals surface area contributed by atoms with Crippen LogP contribution >= 0.6 is 0 Å². The molecule has 0 amide bonds. The van der Waals surface area contributed by atoms with Gasteiger partial charge in [0.1, 0.15) is 0 Å². The van der Waals surface area contributed by atoms with Gasteiger partial charge in [0.25, 0.3) is 0 Å². The second kappa shape index (κ2) is 28.4. The Morgan fingerprint density at radius 3 is 1.03 bits per heavy atom. The van der Waals surface area contributed by atoms with Crippen molar-refractivity contribution < 1.29 is 0 Å². The number of hydrogen-bond donors (Lipinski definition) is 0. The third-order valence-corrected chi connectivity index (χ3v) is 21.1. The maximum Gasteiger partial charge on any atom is 0.160 e. The first kappa shape index (κ1) is 64.6. The third kappa shape index (κ3) is 12.3. The Morgan fingerprint density at radius 2 is 0.546 bits per heavy atom. The zero-order chi connectivity index (χ0) is 71.7. The Kier molecular flexibility index (Phi) is 17.0. The summed E-state index contributed by atoms with van der Waals surface area (Å²) in [6, 6.07) is 123. The number of benzene rings is 14. The van der Waals surface area contributed by atoms with Crippen molar-refractivity contribution in [1.82, 2.24) is 29.9 Å². The van der Waals surface area contributed by atoms with E-state index in [0.29, 0.717) is 11.6 Å². The molecule has 18 aromatic rings. The van der Waals surface area contributed by atoms with E-state index in [-0.39, 0.29) is 11.8 Å². The lowest BCUT2D eigenvalue weighted by Gasteiger charge is -2.32. The van der Waals surface area contributed by atoms with E-state index in [9.17, 15) is 0 Å². The Hall–Kier alpha value is -14.2. The third-order valence-electron chi connectivity index (χ3n) is 21.1. The average molecular weight is 1380 g/mol. The predicted molar refractivity (Wildman–Crippen MR) is 448 cm³/mol. The first-order valence-electron chi connectivity index (χ1n) is 36.8. The second-order valence-corrected chi connectivity index (χ2v) is 27.6. The maximum absolute atomic E-state index is 5.46. The van der Waals surface area contributed by atoms with Gasteiger partial charge in [0.2, 0.25) is 0 Å². The topological polar surface area (TPSA) is 77.3 Å². The summed E-state index contributed by atoms with van der Waals surface area (Å²) in [6.45, 7) is 0. The highest BCUT2D eigenvalue weighted by molar-refractivity contribution is 6.23. The molecule has 2 unspecified atom stereocenters. The van der Waals surface area contributed by atoms with E-state index in [1.807, 2.05) is 36.8 Å². The van der Waals surface area contributed by atoms with Crippen molar-refractivity contribution in [2.75, 3.05) is 0 Å². The molecule has 2 aliphatic rings. The van der Waals surface area contributed by atoms with Gasteiger partial charge in [-0.3, -0.25) is 9.97 Å². The molecule has 0 bridgehead atoms. The molecule has 108 heavy (non-hydrogen) atoms. The lowest BCUT2D eigenvalue weighted by molar-refractivity contribution is 0.706. The molecule has 6 heteroatoms. The molecule has 0 radical (unpaired) electrons. The Labute approximate surface area is 627 Å². The molecular formula is C102H68N6. The minimum Gasteiger partial charge on any atom is -0.264 e. The molecule has 0 fully saturated rings. The predicted octanol–water partition coefficient (Wildman–Crippen LogP) is 26.1. The molecule has 2 aliphatic carbocycles. The van der Waals surface area contributed by atoms with E-state index in [0.717, 1.165) is 84.0 Å². The lowest BCUT2D eigenvalue weighted by atomic mass is 9.72. The van der Waals surface area contributed by atoms with E-state index in [1.165, 1.54) is 93.2 Å². The van der Waals surface area contributed by atoms with Crippen molar-refractivity contribution in [3.8, 4) is 123 Å². The van der Waals surface area contributed by atoms with Gasteiger partial charge in [0.05, 0.1) is 22.8 Å². The molecule has 20 rings (SSSR count). The van der Waals surface area contributed by atoms with Crippen molar-refractivity contribution in [2.45, 2.75) is 5.92 Å². The fourth-order valence-corrected chi connectivity index (χ4v) is 16.1. The van der Waals surface area contributed by atoms with Gasteiger partial charge < -0.3 is 0 Å². The van der Waals surface area contributed by atoms with Gasteiger partial charge in [0, 0.05) is 70.0 Å². The molecule has 4 heterocycles. The molecule has 0 saturated heterocycles. The summed E-state index contributed by atoms with van der Waals surface area (Å²) >= 11 is 0. The van der Waals surface area contributed by atoms with Crippen molar-refractivity contribution in [3.63, 3.8) is 0 Å². The van der Waals surface area contributed by atoms with Crippen LogP contribution in [0.25, 0.3) is 178 Å². The molecular weight excluding hydrogens is 1310 g/mol. The maximum atomic E-state index is 5.46. The lowest BCUT2D eigenvalue weighted by Crippen LogP contribution is -2.18. The highest BCUT2D eigenvalue weighted by atomic mass is 14.9. The summed E-state index contributed by atoms with van der Waals surface area (Å²) in [5.41, 5.74) is 26.4. The fourth-order valence-electron chi connectivity index (χ4n) is 16.1. The second-order valence-electron chi connectivity index (χ2n) is 27.6. The number of hydrogen-bond acceptors (Lipinski definition) is 6. The van der Waals surface area contributed by atoms with Crippen LogP contribution in [0.4, 0.5) is 0 Å². The Balaban J connectivity index is 0.000000149. The average Bonchev–Trinajstić information content (AvgIpc) is 0.740. The smallest absolute Gasteiger partial charge is 0.160 e. The number of rotatable bonds is 12. The van der Waals surface area contributed by atoms with Gasteiger partial charge in [-0.25, -0.2) is 19.9 Å². The summed E-state index contributed by atoms with van der Waals surface area (Å²) in [5, 5.41) is 9.80. The molecule has 14 aromatic carbocycles. The summed E-state index contributed by atoms with van der Waals surface area (Å²) in [6.07, 6.45) is 18.7. The van der Waals surface area contributed by atoms with Crippen LogP contribution in [0, 0.1) is 5.92 Å². The van der Waals surface area contributed by atoms with Gasteiger partial charge >= 0.3 is 0 Å². The Morgan fingerprint density at radius 1 is 0.213 bits per heavy atom. The van der Waals surface area contributed by atoms with Crippen LogP contribution in [-0.4, -0.2) is 29.9 Å². The molecule has 4 aromatic heterocycles. The van der Waals surface area contributed by atoms with Crippen LogP contribution in [0.5, 0.6) is 0 Å². The van der Waals surface area contributed by atoms with Gasteiger partial charge in [-0.15, -0.1) is 0 Å². The minimum absolute atomic E-state index is 0.157. The molecule has 0 aliphatic heterocycles. The largest absolute Gasteiger partial charge is 0.264 e. The molecule has 0 spiro atoms. The summed E-state index contributed by atoms with van der Waals surface area (Å²) in [7, 11) is 0. The van der Waals surface area contributed by atoms with E-state index in [2.05, 4.69) is 368 Å². The number of allylic oxidation sites excluding steroid dienone is 5. The quantitative estimate of drug-likeness (QED) is 0.113. The van der Waals surface area contributed by atoms with Crippen LogP contribution in [-0.2, 0) is 0 Å². The van der Waals surface area contributed by atoms with Crippen LogP contribution in [0.3, 0.4) is 0 Å². The number of pyridine rings is 2. The highest BCUT2D eigenvalue weighted by Crippen LogP contribution is 2.49. The van der Waals surface area contributed by atoms with E-state index < -0.39 is 0 Å². The Bertz CT molecular complexity index is 6420. The number of aromatic nitrogens is 6.